The lowest BCUT2D eigenvalue weighted by atomic mass is 10.1. The smallest absolute Gasteiger partial charge is 0.103 e. The van der Waals surface area contributed by atoms with Gasteiger partial charge in [0, 0.05) is 11.6 Å². The summed E-state index contributed by atoms with van der Waals surface area (Å²) in [6.45, 7) is 2.24. The van der Waals surface area contributed by atoms with E-state index in [-0.39, 0.29) is 12.4 Å². The van der Waals surface area contributed by atoms with Crippen LogP contribution in [0.15, 0.2) is 24.0 Å². The molecule has 0 aromatic heterocycles. The van der Waals surface area contributed by atoms with E-state index in [4.69, 9.17) is 0 Å². The van der Waals surface area contributed by atoms with Crippen molar-refractivity contribution in [2.75, 3.05) is 14.1 Å². The van der Waals surface area contributed by atoms with E-state index in [2.05, 4.69) is 39.5 Å². The van der Waals surface area contributed by atoms with Crippen molar-refractivity contribution in [2.45, 2.75) is 26.2 Å². The fraction of sp³-hybridized carbons (Fsp3) is 0.600. The molecule has 70 valence electrons. The largest absolute Gasteiger partial charge is 1.00 e. The molecule has 0 saturated heterocycles. The highest BCUT2D eigenvalue weighted by molar-refractivity contribution is 5.19. The second-order valence-electron chi connectivity index (χ2n) is 3.75. The van der Waals surface area contributed by atoms with Gasteiger partial charge in [-0.05, 0) is 12.8 Å². The molecule has 1 nitrogen and oxygen atoms in total. The van der Waals surface area contributed by atoms with E-state index in [0.29, 0.717) is 0 Å². The molecule has 0 N–H and O–H groups in total. The molecule has 0 radical (unpaired) electrons. The second kappa shape index (κ2) is 4.68. The average Bonchev–Trinajstić information content (AvgIpc) is 2.26. The SMILES string of the molecule is CCCCC1=C[N+](C)(C)C=C1.[Cl-]. The minimum absolute atomic E-state index is 0. The van der Waals surface area contributed by atoms with E-state index < -0.39 is 0 Å². The Morgan fingerprint density at radius 1 is 1.33 bits per heavy atom. The molecular formula is C10H18ClN. The number of hydrogen-bond donors (Lipinski definition) is 0. The number of halogens is 1. The first-order chi connectivity index (χ1) is 5.14. The highest BCUT2D eigenvalue weighted by Gasteiger charge is 2.14. The summed E-state index contributed by atoms with van der Waals surface area (Å²) in [5, 5.41) is 0. The first-order valence-corrected chi connectivity index (χ1v) is 4.38. The van der Waals surface area contributed by atoms with Crippen LogP contribution in [0.1, 0.15) is 26.2 Å². The lowest BCUT2D eigenvalue weighted by Gasteiger charge is -2.15. The summed E-state index contributed by atoms with van der Waals surface area (Å²) in [5.41, 5.74) is 1.50. The fourth-order valence-corrected chi connectivity index (χ4v) is 1.33. The molecule has 0 saturated carbocycles. The molecule has 0 aromatic rings. The molecule has 0 fully saturated rings. The predicted octanol–water partition coefficient (Wildman–Crippen LogP) is -0.332. The highest BCUT2D eigenvalue weighted by atomic mass is 35.5. The zero-order valence-electron chi connectivity index (χ0n) is 8.18. The van der Waals surface area contributed by atoms with Gasteiger partial charge in [-0.25, -0.2) is 0 Å². The Bertz CT molecular complexity index is 192. The predicted molar refractivity (Wildman–Crippen MR) is 48.9 cm³/mol. The minimum Gasteiger partial charge on any atom is -1.00 e. The van der Waals surface area contributed by atoms with Crippen LogP contribution in [-0.2, 0) is 0 Å². The fourth-order valence-electron chi connectivity index (χ4n) is 1.33. The van der Waals surface area contributed by atoms with Crippen molar-refractivity contribution in [1.29, 1.82) is 0 Å². The van der Waals surface area contributed by atoms with Crippen molar-refractivity contribution in [1.82, 2.24) is 0 Å². The van der Waals surface area contributed by atoms with Gasteiger partial charge in [-0.3, -0.25) is 4.48 Å². The van der Waals surface area contributed by atoms with Gasteiger partial charge in [0.05, 0.1) is 14.1 Å². The van der Waals surface area contributed by atoms with Crippen LogP contribution in [0, 0.1) is 0 Å². The van der Waals surface area contributed by atoms with E-state index in [0.717, 1.165) is 4.48 Å². The molecule has 1 aliphatic heterocycles. The normalized spacial score (nSPS) is 18.8. The lowest BCUT2D eigenvalue weighted by Crippen LogP contribution is -3.00. The quantitative estimate of drug-likeness (QED) is 0.531. The maximum Gasteiger partial charge on any atom is 0.103 e. The van der Waals surface area contributed by atoms with E-state index in [1.165, 1.54) is 24.8 Å². The molecule has 12 heavy (non-hydrogen) atoms. The first-order valence-electron chi connectivity index (χ1n) is 4.38. The summed E-state index contributed by atoms with van der Waals surface area (Å²) in [4.78, 5) is 0. The lowest BCUT2D eigenvalue weighted by molar-refractivity contribution is -0.781. The summed E-state index contributed by atoms with van der Waals surface area (Å²) in [6.07, 6.45) is 10.6. The van der Waals surface area contributed by atoms with Crippen molar-refractivity contribution in [3.63, 3.8) is 0 Å². The number of nitrogens with zero attached hydrogens (tertiary/aromatic N) is 1. The molecule has 0 bridgehead atoms. The Balaban J connectivity index is 0.00000121. The minimum atomic E-state index is 0. The Labute approximate surface area is 81.8 Å². The van der Waals surface area contributed by atoms with E-state index in [1.807, 2.05) is 0 Å². The van der Waals surface area contributed by atoms with Crippen LogP contribution in [0.25, 0.3) is 0 Å². The molecule has 0 amide bonds. The zero-order valence-corrected chi connectivity index (χ0v) is 8.93. The van der Waals surface area contributed by atoms with E-state index in [9.17, 15) is 0 Å². The number of rotatable bonds is 3. The topological polar surface area (TPSA) is 0 Å². The number of allylic oxidation sites excluding steroid dienone is 2. The highest BCUT2D eigenvalue weighted by Crippen LogP contribution is 2.19. The van der Waals surface area contributed by atoms with Gasteiger partial charge in [-0.1, -0.05) is 13.3 Å². The zero-order chi connectivity index (χ0) is 8.32. The maximum atomic E-state index is 2.32. The van der Waals surface area contributed by atoms with Crippen LogP contribution in [0.4, 0.5) is 0 Å². The Morgan fingerprint density at radius 2 is 2.00 bits per heavy atom. The van der Waals surface area contributed by atoms with Crippen LogP contribution in [0.3, 0.4) is 0 Å². The van der Waals surface area contributed by atoms with Crippen molar-refractivity contribution >= 4 is 0 Å². The van der Waals surface area contributed by atoms with Crippen LogP contribution in [-0.4, -0.2) is 18.6 Å². The molecule has 0 unspecified atom stereocenters. The van der Waals surface area contributed by atoms with Crippen LogP contribution < -0.4 is 12.4 Å². The van der Waals surface area contributed by atoms with Crippen molar-refractivity contribution in [2.24, 2.45) is 0 Å². The summed E-state index contributed by atoms with van der Waals surface area (Å²) in [7, 11) is 4.38. The molecule has 2 heteroatoms. The van der Waals surface area contributed by atoms with E-state index >= 15 is 0 Å². The summed E-state index contributed by atoms with van der Waals surface area (Å²) in [6, 6.07) is 0. The van der Waals surface area contributed by atoms with Crippen LogP contribution in [0.2, 0.25) is 0 Å². The molecule has 0 aromatic carbocycles. The summed E-state index contributed by atoms with van der Waals surface area (Å²) < 4.78 is 0.916. The van der Waals surface area contributed by atoms with Crippen LogP contribution in [0.5, 0.6) is 0 Å². The van der Waals surface area contributed by atoms with Gasteiger partial charge in [0.1, 0.15) is 12.4 Å². The van der Waals surface area contributed by atoms with Crippen molar-refractivity contribution < 1.29 is 16.9 Å². The second-order valence-corrected chi connectivity index (χ2v) is 3.75. The van der Waals surface area contributed by atoms with Gasteiger partial charge in [0.15, 0.2) is 0 Å². The number of hydrogen-bond acceptors (Lipinski definition) is 0. The monoisotopic (exact) mass is 187 g/mol. The molecule has 0 atom stereocenters. The Kier molecular flexibility index (Phi) is 4.58. The Morgan fingerprint density at radius 3 is 2.42 bits per heavy atom. The first kappa shape index (κ1) is 11.7. The molecular weight excluding hydrogens is 170 g/mol. The van der Waals surface area contributed by atoms with Gasteiger partial charge in [-0.2, -0.15) is 0 Å². The molecule has 0 aliphatic carbocycles. The number of quaternary nitrogens is 1. The summed E-state index contributed by atoms with van der Waals surface area (Å²) >= 11 is 0. The standard InChI is InChI=1S/C10H18N.ClH/c1-4-5-6-10-7-8-11(2,3)9-10;/h7-9H,4-6H2,1-3H3;1H/q+1;/p-1. The third-order valence-electron chi connectivity index (χ3n) is 1.99. The molecule has 1 aliphatic rings. The Hall–Kier alpha value is -0.270. The van der Waals surface area contributed by atoms with Gasteiger partial charge in [-0.15, -0.1) is 0 Å². The average molecular weight is 188 g/mol. The number of unbranched alkanes of at least 4 members (excludes halogenated alkanes) is 1. The van der Waals surface area contributed by atoms with Gasteiger partial charge < -0.3 is 12.4 Å². The third kappa shape index (κ3) is 3.42. The van der Waals surface area contributed by atoms with Crippen molar-refractivity contribution in [3.8, 4) is 0 Å². The van der Waals surface area contributed by atoms with E-state index in [1.54, 1.807) is 0 Å². The van der Waals surface area contributed by atoms with Gasteiger partial charge in [0.2, 0.25) is 0 Å². The molecule has 1 rings (SSSR count). The van der Waals surface area contributed by atoms with Gasteiger partial charge in [0.25, 0.3) is 0 Å². The third-order valence-corrected chi connectivity index (χ3v) is 1.99. The summed E-state index contributed by atoms with van der Waals surface area (Å²) in [5.74, 6) is 0. The van der Waals surface area contributed by atoms with Crippen molar-refractivity contribution in [3.05, 3.63) is 24.0 Å². The maximum absolute atomic E-state index is 2.32. The van der Waals surface area contributed by atoms with Gasteiger partial charge >= 0.3 is 0 Å². The van der Waals surface area contributed by atoms with Crippen LogP contribution >= 0.6 is 0 Å². The molecule has 1 heterocycles. The molecule has 0 spiro atoms.